The fourth-order valence-electron chi connectivity index (χ4n) is 2.33. The van der Waals surface area contributed by atoms with E-state index in [1.165, 1.54) is 0 Å². The van der Waals surface area contributed by atoms with Gasteiger partial charge in [-0.2, -0.15) is 0 Å². The van der Waals surface area contributed by atoms with Crippen LogP contribution in [0.3, 0.4) is 0 Å². The summed E-state index contributed by atoms with van der Waals surface area (Å²) in [4.78, 5) is 0. The van der Waals surface area contributed by atoms with Crippen molar-refractivity contribution in [1.29, 1.82) is 0 Å². The van der Waals surface area contributed by atoms with Crippen LogP contribution in [-0.2, 0) is 0 Å². The second-order valence-electron chi connectivity index (χ2n) is 5.02. The molecule has 1 fully saturated rings. The highest BCUT2D eigenvalue weighted by Crippen LogP contribution is 2.74. The SMILES string of the molecule is CC1(C)C(c2oncc2N)C1(C)C. The van der Waals surface area contributed by atoms with Crippen molar-refractivity contribution in [2.45, 2.75) is 33.6 Å². The van der Waals surface area contributed by atoms with Gasteiger partial charge in [0.2, 0.25) is 0 Å². The first-order valence-electron chi connectivity index (χ1n) is 4.59. The molecule has 3 heteroatoms. The lowest BCUT2D eigenvalue weighted by atomic mass is 10.0. The van der Waals surface area contributed by atoms with Crippen molar-refractivity contribution in [2.24, 2.45) is 10.8 Å². The molecule has 13 heavy (non-hydrogen) atoms. The van der Waals surface area contributed by atoms with Gasteiger partial charge in [-0.15, -0.1) is 0 Å². The molecule has 2 N–H and O–H groups in total. The van der Waals surface area contributed by atoms with Gasteiger partial charge in [0.15, 0.2) is 5.76 Å². The van der Waals surface area contributed by atoms with Crippen molar-refractivity contribution < 1.29 is 4.52 Å². The third-order valence-electron chi connectivity index (χ3n) is 3.91. The smallest absolute Gasteiger partial charge is 0.163 e. The Morgan fingerprint density at radius 2 is 1.85 bits per heavy atom. The number of hydrogen-bond acceptors (Lipinski definition) is 3. The average Bonchev–Trinajstić information content (AvgIpc) is 2.33. The normalized spacial score (nSPS) is 24.6. The predicted octanol–water partition coefficient (Wildman–Crippen LogP) is 2.41. The molecule has 0 aromatic carbocycles. The summed E-state index contributed by atoms with van der Waals surface area (Å²) in [6.07, 6.45) is 1.58. The van der Waals surface area contributed by atoms with Crippen LogP contribution in [0.2, 0.25) is 0 Å². The fourth-order valence-corrected chi connectivity index (χ4v) is 2.33. The third-order valence-corrected chi connectivity index (χ3v) is 3.91. The molecule has 1 aliphatic carbocycles. The Morgan fingerprint density at radius 1 is 1.31 bits per heavy atom. The summed E-state index contributed by atoms with van der Waals surface area (Å²) in [5.74, 6) is 1.26. The van der Waals surface area contributed by atoms with E-state index < -0.39 is 0 Å². The Balaban J connectivity index is 2.38. The Bertz CT molecular complexity index is 324. The molecule has 0 bridgehead atoms. The van der Waals surface area contributed by atoms with E-state index in [1.807, 2.05) is 0 Å². The molecule has 1 saturated carbocycles. The fraction of sp³-hybridized carbons (Fsp3) is 0.700. The van der Waals surface area contributed by atoms with Crippen LogP contribution in [0.4, 0.5) is 5.69 Å². The van der Waals surface area contributed by atoms with Gasteiger partial charge in [0.05, 0.1) is 11.9 Å². The first-order valence-corrected chi connectivity index (χ1v) is 4.59. The first-order chi connectivity index (χ1) is 5.89. The van der Waals surface area contributed by atoms with E-state index in [4.69, 9.17) is 10.3 Å². The molecule has 0 aliphatic heterocycles. The summed E-state index contributed by atoms with van der Waals surface area (Å²) in [6.45, 7) is 8.94. The topological polar surface area (TPSA) is 52.0 Å². The zero-order valence-electron chi connectivity index (χ0n) is 8.59. The Hall–Kier alpha value is -0.990. The third kappa shape index (κ3) is 0.872. The van der Waals surface area contributed by atoms with Crippen LogP contribution in [0, 0.1) is 10.8 Å². The van der Waals surface area contributed by atoms with E-state index in [0.29, 0.717) is 11.6 Å². The van der Waals surface area contributed by atoms with E-state index in [1.54, 1.807) is 6.20 Å². The molecule has 0 spiro atoms. The zero-order valence-corrected chi connectivity index (χ0v) is 8.59. The lowest BCUT2D eigenvalue weighted by Crippen LogP contribution is -1.95. The quantitative estimate of drug-likeness (QED) is 0.722. The number of anilines is 1. The highest BCUT2D eigenvalue weighted by atomic mass is 16.5. The van der Waals surface area contributed by atoms with E-state index in [-0.39, 0.29) is 10.8 Å². The van der Waals surface area contributed by atoms with Crippen LogP contribution < -0.4 is 5.73 Å². The maximum Gasteiger partial charge on any atom is 0.163 e. The maximum absolute atomic E-state index is 5.77. The molecular weight excluding hydrogens is 164 g/mol. The van der Waals surface area contributed by atoms with Gasteiger partial charge in [-0.1, -0.05) is 32.9 Å². The Morgan fingerprint density at radius 3 is 2.15 bits per heavy atom. The van der Waals surface area contributed by atoms with Crippen LogP contribution >= 0.6 is 0 Å². The number of nitrogens with two attached hydrogens (primary N) is 1. The molecule has 0 unspecified atom stereocenters. The minimum atomic E-state index is 0.265. The molecule has 1 aliphatic rings. The number of aromatic nitrogens is 1. The molecule has 0 atom stereocenters. The van der Waals surface area contributed by atoms with Crippen molar-refractivity contribution in [1.82, 2.24) is 5.16 Å². The monoisotopic (exact) mass is 180 g/mol. The second kappa shape index (κ2) is 2.08. The van der Waals surface area contributed by atoms with Crippen molar-refractivity contribution in [2.75, 3.05) is 5.73 Å². The molecule has 0 radical (unpaired) electrons. The predicted molar refractivity (Wildman–Crippen MR) is 51.2 cm³/mol. The van der Waals surface area contributed by atoms with Gasteiger partial charge < -0.3 is 10.3 Å². The van der Waals surface area contributed by atoms with E-state index in [0.717, 1.165) is 5.76 Å². The standard InChI is InChI=1S/C10H16N2O/c1-9(2)8(10(9,3)4)7-6(11)5-12-13-7/h5,8H,11H2,1-4H3. The van der Waals surface area contributed by atoms with Gasteiger partial charge >= 0.3 is 0 Å². The van der Waals surface area contributed by atoms with Crippen molar-refractivity contribution >= 4 is 5.69 Å². The lowest BCUT2D eigenvalue weighted by Gasteiger charge is -2.03. The van der Waals surface area contributed by atoms with Gasteiger partial charge in [-0.05, 0) is 10.8 Å². The maximum atomic E-state index is 5.77. The first kappa shape index (κ1) is 8.60. The van der Waals surface area contributed by atoms with Crippen LogP contribution in [0.5, 0.6) is 0 Å². The minimum absolute atomic E-state index is 0.265. The largest absolute Gasteiger partial charge is 0.395 e. The van der Waals surface area contributed by atoms with Gasteiger partial charge in [0.25, 0.3) is 0 Å². The summed E-state index contributed by atoms with van der Waals surface area (Å²) in [5.41, 5.74) is 6.98. The summed E-state index contributed by atoms with van der Waals surface area (Å²) < 4.78 is 5.18. The number of rotatable bonds is 1. The Labute approximate surface area is 78.3 Å². The summed E-state index contributed by atoms with van der Waals surface area (Å²) in [7, 11) is 0. The van der Waals surface area contributed by atoms with Crippen LogP contribution in [-0.4, -0.2) is 5.16 Å². The molecule has 1 aromatic rings. The highest BCUT2D eigenvalue weighted by molar-refractivity contribution is 5.46. The van der Waals surface area contributed by atoms with E-state index in [9.17, 15) is 0 Å². The Kier molecular flexibility index (Phi) is 1.38. The molecule has 1 aromatic heterocycles. The second-order valence-corrected chi connectivity index (χ2v) is 5.02. The number of nitrogens with zero attached hydrogens (tertiary/aromatic N) is 1. The molecule has 0 amide bonds. The molecule has 2 rings (SSSR count). The van der Waals surface area contributed by atoms with Gasteiger partial charge in [-0.3, -0.25) is 0 Å². The van der Waals surface area contributed by atoms with Gasteiger partial charge in [0.1, 0.15) is 0 Å². The molecule has 1 heterocycles. The molecule has 0 saturated heterocycles. The van der Waals surface area contributed by atoms with Crippen LogP contribution in [0.25, 0.3) is 0 Å². The van der Waals surface area contributed by atoms with E-state index >= 15 is 0 Å². The zero-order chi connectivity index (χ0) is 9.85. The van der Waals surface area contributed by atoms with Crippen molar-refractivity contribution in [3.8, 4) is 0 Å². The average molecular weight is 180 g/mol. The minimum Gasteiger partial charge on any atom is -0.395 e. The molecule has 72 valence electrons. The van der Waals surface area contributed by atoms with Gasteiger partial charge in [0, 0.05) is 5.92 Å². The van der Waals surface area contributed by atoms with Crippen LogP contribution in [0.1, 0.15) is 39.4 Å². The molecular formula is C10H16N2O. The number of nitrogen functional groups attached to an aromatic ring is 1. The van der Waals surface area contributed by atoms with Crippen molar-refractivity contribution in [3.05, 3.63) is 12.0 Å². The summed E-state index contributed by atoms with van der Waals surface area (Å²) >= 11 is 0. The van der Waals surface area contributed by atoms with Crippen molar-refractivity contribution in [3.63, 3.8) is 0 Å². The summed E-state index contributed by atoms with van der Waals surface area (Å²) in [5, 5.41) is 3.71. The molecule has 3 nitrogen and oxygen atoms in total. The summed E-state index contributed by atoms with van der Waals surface area (Å²) in [6, 6.07) is 0. The lowest BCUT2D eigenvalue weighted by molar-refractivity contribution is 0.372. The highest BCUT2D eigenvalue weighted by Gasteiger charge is 2.67. The van der Waals surface area contributed by atoms with E-state index in [2.05, 4.69) is 32.9 Å². The van der Waals surface area contributed by atoms with Gasteiger partial charge in [-0.25, -0.2) is 0 Å². The van der Waals surface area contributed by atoms with Crippen LogP contribution in [0.15, 0.2) is 10.7 Å². The number of hydrogen-bond donors (Lipinski definition) is 1.